The van der Waals surface area contributed by atoms with Crippen LogP contribution in [0.5, 0.6) is 0 Å². The first-order valence-corrected chi connectivity index (χ1v) is 8.44. The number of hydrogen-bond acceptors (Lipinski definition) is 4. The molecule has 2 aliphatic rings. The highest BCUT2D eigenvalue weighted by atomic mass is 16.4. The summed E-state index contributed by atoms with van der Waals surface area (Å²) >= 11 is 0. The molecule has 2 fully saturated rings. The van der Waals surface area contributed by atoms with Crippen LogP contribution in [0.4, 0.5) is 0 Å². The van der Waals surface area contributed by atoms with Crippen molar-refractivity contribution >= 4 is 5.84 Å². The molecule has 0 radical (unpaired) electrons. The van der Waals surface area contributed by atoms with E-state index in [9.17, 15) is 0 Å². The molecule has 21 heavy (non-hydrogen) atoms. The van der Waals surface area contributed by atoms with Crippen LogP contribution in [0.2, 0.25) is 0 Å². The highest BCUT2D eigenvalue weighted by Gasteiger charge is 2.27. The van der Waals surface area contributed by atoms with Gasteiger partial charge in [-0.05, 0) is 70.7 Å². The lowest BCUT2D eigenvalue weighted by atomic mass is 9.87. The number of amidine groups is 1. The van der Waals surface area contributed by atoms with Crippen LogP contribution in [0, 0.1) is 11.3 Å². The van der Waals surface area contributed by atoms with Crippen LogP contribution in [0.15, 0.2) is 5.16 Å². The zero-order chi connectivity index (χ0) is 15.3. The highest BCUT2D eigenvalue weighted by molar-refractivity contribution is 5.85. The highest BCUT2D eigenvalue weighted by Crippen LogP contribution is 2.24. The Bertz CT molecular complexity index is 342. The van der Waals surface area contributed by atoms with Crippen LogP contribution in [-0.4, -0.2) is 60.1 Å². The predicted molar refractivity (Wildman–Crippen MR) is 86.6 cm³/mol. The number of nitrogens with two attached hydrogens (primary N) is 1. The molecule has 0 amide bonds. The fourth-order valence-corrected chi connectivity index (χ4v) is 3.42. The van der Waals surface area contributed by atoms with E-state index in [1.54, 1.807) is 0 Å². The number of oxime groups is 1. The van der Waals surface area contributed by atoms with Gasteiger partial charge >= 0.3 is 0 Å². The van der Waals surface area contributed by atoms with Gasteiger partial charge in [-0.15, -0.1) is 0 Å². The van der Waals surface area contributed by atoms with Crippen molar-refractivity contribution < 1.29 is 5.21 Å². The molecule has 0 aromatic rings. The summed E-state index contributed by atoms with van der Waals surface area (Å²) in [4.78, 5) is 5.18. The van der Waals surface area contributed by atoms with Crippen molar-refractivity contribution in [2.45, 2.75) is 46.0 Å². The molecule has 2 saturated heterocycles. The largest absolute Gasteiger partial charge is 0.409 e. The molecular formula is C16H32N4O. The summed E-state index contributed by atoms with van der Waals surface area (Å²) in [6, 6.07) is 0. The van der Waals surface area contributed by atoms with Crippen molar-refractivity contribution in [2.24, 2.45) is 22.2 Å². The van der Waals surface area contributed by atoms with Crippen LogP contribution in [0.3, 0.4) is 0 Å². The summed E-state index contributed by atoms with van der Waals surface area (Å²) < 4.78 is 0. The van der Waals surface area contributed by atoms with E-state index in [0.29, 0.717) is 5.84 Å². The Labute approximate surface area is 129 Å². The summed E-state index contributed by atoms with van der Waals surface area (Å²) in [5.74, 6) is 1.22. The van der Waals surface area contributed by atoms with Crippen LogP contribution >= 0.6 is 0 Å². The molecule has 2 heterocycles. The molecule has 3 N–H and O–H groups in total. The molecular weight excluding hydrogens is 264 g/mol. The van der Waals surface area contributed by atoms with Gasteiger partial charge in [-0.3, -0.25) is 0 Å². The maximum Gasteiger partial charge on any atom is 0.144 e. The van der Waals surface area contributed by atoms with Crippen molar-refractivity contribution in [3.05, 3.63) is 0 Å². The zero-order valence-corrected chi connectivity index (χ0v) is 13.7. The second-order valence-electron chi connectivity index (χ2n) is 7.41. The Hall–Kier alpha value is -0.810. The van der Waals surface area contributed by atoms with Crippen molar-refractivity contribution in [2.75, 3.05) is 39.3 Å². The number of rotatable bonds is 6. The molecule has 0 aromatic carbocycles. The fraction of sp³-hybridized carbons (Fsp3) is 0.938. The minimum absolute atomic E-state index is 0.221. The maximum atomic E-state index is 8.82. The average Bonchev–Trinajstić information content (AvgIpc) is 2.98. The lowest BCUT2D eigenvalue weighted by molar-refractivity contribution is 0.145. The van der Waals surface area contributed by atoms with Gasteiger partial charge in [0.2, 0.25) is 0 Å². The third-order valence-electron chi connectivity index (χ3n) is 5.28. The SMILES string of the molecule is CC(C)(CCN1CCC(CN2CCCC2)CC1)C(N)=NO. The molecule has 5 heteroatoms. The van der Waals surface area contributed by atoms with E-state index >= 15 is 0 Å². The Morgan fingerprint density at radius 1 is 1.14 bits per heavy atom. The molecule has 0 spiro atoms. The molecule has 2 aliphatic heterocycles. The van der Waals surface area contributed by atoms with Gasteiger partial charge in [0.1, 0.15) is 5.84 Å². The van der Waals surface area contributed by atoms with E-state index in [-0.39, 0.29) is 5.41 Å². The van der Waals surface area contributed by atoms with Gasteiger partial charge in [-0.2, -0.15) is 0 Å². The van der Waals surface area contributed by atoms with Crippen molar-refractivity contribution in [1.82, 2.24) is 9.80 Å². The molecule has 0 saturated carbocycles. The predicted octanol–water partition coefficient (Wildman–Crippen LogP) is 1.96. The van der Waals surface area contributed by atoms with Gasteiger partial charge in [0, 0.05) is 12.0 Å². The summed E-state index contributed by atoms with van der Waals surface area (Å²) in [7, 11) is 0. The second kappa shape index (κ2) is 7.45. The number of piperidine rings is 1. The molecule has 0 unspecified atom stereocenters. The number of likely N-dealkylation sites (tertiary alicyclic amines) is 2. The average molecular weight is 296 g/mol. The van der Waals surface area contributed by atoms with Gasteiger partial charge in [-0.1, -0.05) is 19.0 Å². The first-order chi connectivity index (χ1) is 10.0. The lowest BCUT2D eigenvalue weighted by Gasteiger charge is -2.35. The summed E-state index contributed by atoms with van der Waals surface area (Å²) in [5, 5.41) is 12.0. The zero-order valence-electron chi connectivity index (χ0n) is 13.7. The second-order valence-corrected chi connectivity index (χ2v) is 7.41. The number of nitrogens with zero attached hydrogens (tertiary/aromatic N) is 3. The van der Waals surface area contributed by atoms with Crippen molar-refractivity contribution in [3.63, 3.8) is 0 Å². The third kappa shape index (κ3) is 4.85. The van der Waals surface area contributed by atoms with Gasteiger partial charge in [0.05, 0.1) is 0 Å². The van der Waals surface area contributed by atoms with Gasteiger partial charge in [0.25, 0.3) is 0 Å². The molecule has 2 rings (SSSR count). The van der Waals surface area contributed by atoms with Crippen LogP contribution in [-0.2, 0) is 0 Å². The smallest absolute Gasteiger partial charge is 0.144 e. The Morgan fingerprint density at radius 3 is 2.33 bits per heavy atom. The normalized spacial score (nSPS) is 23.8. The Balaban J connectivity index is 1.67. The van der Waals surface area contributed by atoms with Crippen molar-refractivity contribution in [3.8, 4) is 0 Å². The molecule has 0 aliphatic carbocycles. The van der Waals surface area contributed by atoms with E-state index in [1.165, 1.54) is 58.4 Å². The van der Waals surface area contributed by atoms with Crippen LogP contribution < -0.4 is 5.73 Å². The van der Waals surface area contributed by atoms with E-state index in [0.717, 1.165) is 18.9 Å². The Morgan fingerprint density at radius 2 is 1.76 bits per heavy atom. The summed E-state index contributed by atoms with van der Waals surface area (Å²) in [6.07, 6.45) is 6.37. The summed E-state index contributed by atoms with van der Waals surface area (Å²) in [6.45, 7) is 11.5. The monoisotopic (exact) mass is 296 g/mol. The molecule has 122 valence electrons. The molecule has 0 atom stereocenters. The van der Waals surface area contributed by atoms with E-state index in [2.05, 4.69) is 15.0 Å². The topological polar surface area (TPSA) is 65.1 Å². The quantitative estimate of drug-likeness (QED) is 0.340. The first-order valence-electron chi connectivity index (χ1n) is 8.44. The molecule has 5 nitrogen and oxygen atoms in total. The van der Waals surface area contributed by atoms with Crippen molar-refractivity contribution in [1.29, 1.82) is 0 Å². The van der Waals surface area contributed by atoms with E-state index in [1.807, 2.05) is 13.8 Å². The Kier molecular flexibility index (Phi) is 5.88. The third-order valence-corrected chi connectivity index (χ3v) is 5.28. The maximum absolute atomic E-state index is 8.82. The number of hydrogen-bond donors (Lipinski definition) is 2. The van der Waals surface area contributed by atoms with E-state index in [4.69, 9.17) is 10.9 Å². The minimum atomic E-state index is -0.221. The van der Waals surface area contributed by atoms with E-state index < -0.39 is 0 Å². The lowest BCUT2D eigenvalue weighted by Crippen LogP contribution is -2.41. The standard InChI is InChI=1S/C16H32N4O/c1-16(2,15(17)18-21)7-12-19-10-5-14(6-11-19)13-20-8-3-4-9-20/h14,21H,3-13H2,1-2H3,(H2,17,18). The first kappa shape index (κ1) is 16.6. The van der Waals surface area contributed by atoms with Gasteiger partial charge < -0.3 is 20.7 Å². The van der Waals surface area contributed by atoms with Gasteiger partial charge in [-0.25, -0.2) is 0 Å². The molecule has 0 bridgehead atoms. The van der Waals surface area contributed by atoms with Gasteiger partial charge in [0.15, 0.2) is 0 Å². The summed E-state index contributed by atoms with van der Waals surface area (Å²) in [5.41, 5.74) is 5.53. The van der Waals surface area contributed by atoms with Crippen LogP contribution in [0.1, 0.15) is 46.0 Å². The minimum Gasteiger partial charge on any atom is -0.409 e. The molecule has 0 aromatic heterocycles. The fourth-order valence-electron chi connectivity index (χ4n) is 3.42. The van der Waals surface area contributed by atoms with Crippen LogP contribution in [0.25, 0.3) is 0 Å².